The third kappa shape index (κ3) is 6.81. The van der Waals surface area contributed by atoms with Crippen LogP contribution in [-0.2, 0) is 0 Å². The Kier molecular flexibility index (Phi) is 7.73. The molecule has 2 aromatic rings. The second kappa shape index (κ2) is 10.3. The smallest absolute Gasteiger partial charge is 0.335 e. The fourth-order valence-electron chi connectivity index (χ4n) is 2.36. The van der Waals surface area contributed by atoms with Crippen LogP contribution in [0.15, 0.2) is 48.5 Å². The van der Waals surface area contributed by atoms with Crippen LogP contribution in [0.2, 0.25) is 0 Å². The van der Waals surface area contributed by atoms with Crippen LogP contribution in [-0.4, -0.2) is 29.4 Å². The number of aromatic carboxylic acids is 1. The van der Waals surface area contributed by atoms with E-state index in [0.29, 0.717) is 6.61 Å². The summed E-state index contributed by atoms with van der Waals surface area (Å²) in [5.74, 6) is -0.0652. The SMILES string of the molecule is O=C(O)c1ccc(/C=C/c2ccc(OCCCCCCO)cc2)cc1. The zero-order chi connectivity index (χ0) is 17.9. The molecule has 2 rings (SSSR count). The standard InChI is InChI=1S/C21H24O4/c22-15-3-1-2-4-16-25-20-13-9-18(10-14-20)6-5-17-7-11-19(12-8-17)21(23)24/h5-14,22H,1-4,15-16H2,(H,23,24)/b6-5+. The predicted octanol–water partition coefficient (Wildman–Crippen LogP) is 4.49. The van der Waals surface area contributed by atoms with E-state index in [0.717, 1.165) is 42.6 Å². The molecule has 0 radical (unpaired) electrons. The quantitative estimate of drug-likeness (QED) is 0.494. The van der Waals surface area contributed by atoms with E-state index in [2.05, 4.69) is 0 Å². The Morgan fingerprint density at radius 2 is 1.40 bits per heavy atom. The predicted molar refractivity (Wildman–Crippen MR) is 99.8 cm³/mol. The molecule has 0 spiro atoms. The van der Waals surface area contributed by atoms with Crippen LogP contribution in [0.5, 0.6) is 5.75 Å². The summed E-state index contributed by atoms with van der Waals surface area (Å²) in [5, 5.41) is 17.6. The molecule has 0 saturated heterocycles. The molecule has 0 bridgehead atoms. The van der Waals surface area contributed by atoms with Gasteiger partial charge in [-0.15, -0.1) is 0 Å². The summed E-state index contributed by atoms with van der Waals surface area (Å²) in [5.41, 5.74) is 2.29. The Labute approximate surface area is 148 Å². The van der Waals surface area contributed by atoms with E-state index in [9.17, 15) is 4.79 Å². The van der Waals surface area contributed by atoms with E-state index >= 15 is 0 Å². The Morgan fingerprint density at radius 3 is 1.96 bits per heavy atom. The lowest BCUT2D eigenvalue weighted by Crippen LogP contribution is -1.97. The van der Waals surface area contributed by atoms with Crippen LogP contribution in [0.1, 0.15) is 47.2 Å². The minimum absolute atomic E-state index is 0.263. The van der Waals surface area contributed by atoms with E-state index in [4.69, 9.17) is 14.9 Å². The molecule has 0 unspecified atom stereocenters. The molecular weight excluding hydrogens is 316 g/mol. The van der Waals surface area contributed by atoms with Crippen LogP contribution in [0.3, 0.4) is 0 Å². The Morgan fingerprint density at radius 1 is 0.840 bits per heavy atom. The Bertz CT molecular complexity index is 672. The molecule has 0 aliphatic heterocycles. The van der Waals surface area contributed by atoms with E-state index in [1.807, 2.05) is 36.4 Å². The molecule has 132 valence electrons. The molecule has 2 N–H and O–H groups in total. The first kappa shape index (κ1) is 18.7. The molecule has 0 atom stereocenters. The highest BCUT2D eigenvalue weighted by molar-refractivity contribution is 5.88. The molecule has 4 nitrogen and oxygen atoms in total. The fraction of sp³-hybridized carbons (Fsp3) is 0.286. The summed E-state index contributed by atoms with van der Waals surface area (Å²) in [6.45, 7) is 0.954. The van der Waals surface area contributed by atoms with Gasteiger partial charge in [0.15, 0.2) is 0 Å². The maximum atomic E-state index is 10.8. The molecule has 0 fully saturated rings. The van der Waals surface area contributed by atoms with Gasteiger partial charge in [0.05, 0.1) is 12.2 Å². The minimum Gasteiger partial charge on any atom is -0.494 e. The number of aliphatic hydroxyl groups excluding tert-OH is 1. The van der Waals surface area contributed by atoms with Gasteiger partial charge >= 0.3 is 5.97 Å². The van der Waals surface area contributed by atoms with Crippen molar-refractivity contribution < 1.29 is 19.7 Å². The highest BCUT2D eigenvalue weighted by atomic mass is 16.5. The fourth-order valence-corrected chi connectivity index (χ4v) is 2.36. The van der Waals surface area contributed by atoms with Gasteiger partial charge in [0.2, 0.25) is 0 Å². The van der Waals surface area contributed by atoms with Crippen molar-refractivity contribution in [3.63, 3.8) is 0 Å². The number of rotatable bonds is 10. The van der Waals surface area contributed by atoms with E-state index in [1.54, 1.807) is 24.3 Å². The van der Waals surface area contributed by atoms with E-state index in [1.165, 1.54) is 0 Å². The molecule has 0 aliphatic carbocycles. The van der Waals surface area contributed by atoms with Gasteiger partial charge in [0, 0.05) is 6.61 Å². The zero-order valence-electron chi connectivity index (χ0n) is 14.2. The monoisotopic (exact) mass is 340 g/mol. The summed E-state index contributed by atoms with van der Waals surface area (Å²) in [7, 11) is 0. The second-order valence-electron chi connectivity index (χ2n) is 5.82. The molecule has 0 amide bonds. The molecule has 0 heterocycles. The van der Waals surface area contributed by atoms with Crippen molar-refractivity contribution in [3.8, 4) is 5.75 Å². The summed E-state index contributed by atoms with van der Waals surface area (Å²) in [6.07, 6.45) is 7.89. The number of aliphatic hydroxyl groups is 1. The molecule has 0 aliphatic rings. The number of carboxylic acid groups (broad SMARTS) is 1. The molecule has 0 aromatic heterocycles. The Balaban J connectivity index is 1.80. The highest BCUT2D eigenvalue weighted by Gasteiger charge is 2.00. The topological polar surface area (TPSA) is 66.8 Å². The molecule has 4 heteroatoms. The van der Waals surface area contributed by atoms with Crippen LogP contribution >= 0.6 is 0 Å². The zero-order valence-corrected chi connectivity index (χ0v) is 14.2. The van der Waals surface area contributed by atoms with Crippen molar-refractivity contribution in [2.75, 3.05) is 13.2 Å². The minimum atomic E-state index is -0.917. The van der Waals surface area contributed by atoms with Crippen molar-refractivity contribution in [2.45, 2.75) is 25.7 Å². The summed E-state index contributed by atoms with van der Waals surface area (Å²) in [4.78, 5) is 10.8. The van der Waals surface area contributed by atoms with Gasteiger partial charge in [0.25, 0.3) is 0 Å². The average molecular weight is 340 g/mol. The lowest BCUT2D eigenvalue weighted by Gasteiger charge is -2.06. The summed E-state index contributed by atoms with van der Waals surface area (Å²) < 4.78 is 5.70. The van der Waals surface area contributed by atoms with Crippen LogP contribution in [0.4, 0.5) is 0 Å². The van der Waals surface area contributed by atoms with Crippen molar-refractivity contribution >= 4 is 18.1 Å². The van der Waals surface area contributed by atoms with Crippen LogP contribution in [0.25, 0.3) is 12.2 Å². The molecular formula is C21H24O4. The number of unbranched alkanes of at least 4 members (excludes halogenated alkanes) is 3. The highest BCUT2D eigenvalue weighted by Crippen LogP contribution is 2.15. The number of hydrogen-bond donors (Lipinski definition) is 2. The molecule has 2 aromatic carbocycles. The van der Waals surface area contributed by atoms with Crippen LogP contribution < -0.4 is 4.74 Å². The molecule has 0 saturated carbocycles. The van der Waals surface area contributed by atoms with E-state index < -0.39 is 5.97 Å². The first-order valence-corrected chi connectivity index (χ1v) is 8.54. The number of benzene rings is 2. The number of carboxylic acids is 1. The Hall–Kier alpha value is -2.59. The van der Waals surface area contributed by atoms with Gasteiger partial charge in [-0.2, -0.15) is 0 Å². The summed E-state index contributed by atoms with van der Waals surface area (Å²) >= 11 is 0. The van der Waals surface area contributed by atoms with Gasteiger partial charge in [-0.05, 0) is 54.7 Å². The van der Waals surface area contributed by atoms with Gasteiger partial charge in [-0.1, -0.05) is 42.8 Å². The van der Waals surface area contributed by atoms with Gasteiger partial charge in [-0.3, -0.25) is 0 Å². The second-order valence-corrected chi connectivity index (χ2v) is 5.82. The van der Waals surface area contributed by atoms with Gasteiger partial charge < -0.3 is 14.9 Å². The average Bonchev–Trinajstić information content (AvgIpc) is 2.64. The number of ether oxygens (including phenoxy) is 1. The number of carbonyl (C=O) groups is 1. The first-order chi connectivity index (χ1) is 12.2. The number of hydrogen-bond acceptors (Lipinski definition) is 3. The maximum absolute atomic E-state index is 10.8. The maximum Gasteiger partial charge on any atom is 0.335 e. The van der Waals surface area contributed by atoms with Crippen molar-refractivity contribution in [1.29, 1.82) is 0 Å². The third-order valence-electron chi connectivity index (χ3n) is 3.83. The largest absolute Gasteiger partial charge is 0.494 e. The normalized spacial score (nSPS) is 10.9. The van der Waals surface area contributed by atoms with Crippen molar-refractivity contribution in [1.82, 2.24) is 0 Å². The first-order valence-electron chi connectivity index (χ1n) is 8.54. The van der Waals surface area contributed by atoms with E-state index in [-0.39, 0.29) is 12.2 Å². The van der Waals surface area contributed by atoms with Gasteiger partial charge in [-0.25, -0.2) is 4.79 Å². The lowest BCUT2D eigenvalue weighted by molar-refractivity contribution is 0.0697. The molecule has 25 heavy (non-hydrogen) atoms. The van der Waals surface area contributed by atoms with Crippen molar-refractivity contribution in [3.05, 3.63) is 65.2 Å². The lowest BCUT2D eigenvalue weighted by atomic mass is 10.1. The van der Waals surface area contributed by atoms with Gasteiger partial charge in [0.1, 0.15) is 5.75 Å². The van der Waals surface area contributed by atoms with Crippen LogP contribution in [0, 0.1) is 0 Å². The summed E-state index contributed by atoms with van der Waals surface area (Å²) in [6, 6.07) is 14.6. The van der Waals surface area contributed by atoms with Crippen molar-refractivity contribution in [2.24, 2.45) is 0 Å². The third-order valence-corrected chi connectivity index (χ3v) is 3.83.